The number of amides is 1. The largest absolute Gasteiger partial charge is 0.341 e. The van der Waals surface area contributed by atoms with Crippen LogP contribution in [0, 0.1) is 0 Å². The number of likely N-dealkylation sites (tertiary alicyclic amines) is 1. The smallest absolute Gasteiger partial charge is 0.227 e. The molecule has 2 aromatic carbocycles. The molecule has 1 saturated heterocycles. The monoisotopic (exact) mass is 363 g/mol. The summed E-state index contributed by atoms with van der Waals surface area (Å²) in [4.78, 5) is 14.4. The summed E-state index contributed by atoms with van der Waals surface area (Å²) in [6.07, 6.45) is 0.656. The summed E-state index contributed by atoms with van der Waals surface area (Å²) in [5, 5.41) is 0.00796. The summed E-state index contributed by atoms with van der Waals surface area (Å²) >= 11 is 6.09. The van der Waals surface area contributed by atoms with Gasteiger partial charge in [-0.05, 0) is 30.2 Å². The second kappa shape index (κ2) is 6.95. The standard InChI is InChI=1S/C18H18ClNO3S/c19-17-9-5-4-6-14(17)12-18(21)20-11-10-16(13-20)24(22,23)15-7-2-1-3-8-15/h1-9,16H,10-13H2. The van der Waals surface area contributed by atoms with Gasteiger partial charge < -0.3 is 4.90 Å². The normalized spacial score (nSPS) is 17.9. The number of hydrogen-bond acceptors (Lipinski definition) is 3. The minimum absolute atomic E-state index is 0.0890. The van der Waals surface area contributed by atoms with Crippen molar-refractivity contribution in [2.24, 2.45) is 0 Å². The maximum Gasteiger partial charge on any atom is 0.227 e. The number of halogens is 1. The highest BCUT2D eigenvalue weighted by Crippen LogP contribution is 2.25. The summed E-state index contributed by atoms with van der Waals surface area (Å²) in [5.74, 6) is -0.0890. The molecule has 2 aromatic rings. The predicted octanol–water partition coefficient (Wildman–Crippen LogP) is 2.96. The van der Waals surface area contributed by atoms with Crippen LogP contribution in [0.4, 0.5) is 0 Å². The topological polar surface area (TPSA) is 54.5 Å². The first-order valence-corrected chi connectivity index (χ1v) is 9.71. The van der Waals surface area contributed by atoms with E-state index < -0.39 is 15.1 Å². The van der Waals surface area contributed by atoms with Gasteiger partial charge in [0.05, 0.1) is 16.6 Å². The zero-order chi connectivity index (χ0) is 17.2. The van der Waals surface area contributed by atoms with Crippen LogP contribution < -0.4 is 0 Å². The summed E-state index contributed by atoms with van der Waals surface area (Å²) in [5.41, 5.74) is 0.763. The van der Waals surface area contributed by atoms with Crippen LogP contribution in [0.5, 0.6) is 0 Å². The Morgan fingerprint density at radius 1 is 1.08 bits per heavy atom. The molecule has 0 aliphatic carbocycles. The molecule has 1 atom stereocenters. The van der Waals surface area contributed by atoms with Crippen LogP contribution in [0.1, 0.15) is 12.0 Å². The van der Waals surface area contributed by atoms with Gasteiger partial charge in [0.25, 0.3) is 0 Å². The number of rotatable bonds is 4. The molecule has 3 rings (SSSR count). The van der Waals surface area contributed by atoms with Crippen molar-refractivity contribution in [3.05, 3.63) is 65.2 Å². The van der Waals surface area contributed by atoms with Gasteiger partial charge in [0.2, 0.25) is 5.91 Å². The second-order valence-corrected chi connectivity index (χ2v) is 8.51. The van der Waals surface area contributed by atoms with Gasteiger partial charge in [-0.15, -0.1) is 0 Å². The molecule has 0 N–H and O–H groups in total. The summed E-state index contributed by atoms with van der Waals surface area (Å²) in [7, 11) is -3.41. The van der Waals surface area contributed by atoms with E-state index in [1.165, 1.54) is 0 Å². The lowest BCUT2D eigenvalue weighted by Gasteiger charge is -2.17. The number of sulfone groups is 1. The molecule has 0 aromatic heterocycles. The Hall–Kier alpha value is -1.85. The van der Waals surface area contributed by atoms with Crippen molar-refractivity contribution in [1.29, 1.82) is 0 Å². The Morgan fingerprint density at radius 2 is 1.75 bits per heavy atom. The maximum absolute atomic E-state index is 12.7. The van der Waals surface area contributed by atoms with Crippen LogP contribution in [0.2, 0.25) is 5.02 Å². The molecule has 1 unspecified atom stereocenters. The Labute approximate surface area is 147 Å². The predicted molar refractivity (Wildman–Crippen MR) is 93.8 cm³/mol. The maximum atomic E-state index is 12.7. The first-order valence-electron chi connectivity index (χ1n) is 7.78. The molecule has 1 heterocycles. The molecule has 126 valence electrons. The average Bonchev–Trinajstić information content (AvgIpc) is 3.09. The highest BCUT2D eigenvalue weighted by atomic mass is 35.5. The van der Waals surface area contributed by atoms with Crippen molar-refractivity contribution in [2.75, 3.05) is 13.1 Å². The van der Waals surface area contributed by atoms with Gasteiger partial charge in [0, 0.05) is 18.1 Å². The van der Waals surface area contributed by atoms with Crippen molar-refractivity contribution in [2.45, 2.75) is 23.0 Å². The fourth-order valence-electron chi connectivity index (χ4n) is 2.93. The highest BCUT2D eigenvalue weighted by Gasteiger charge is 2.35. The third-order valence-electron chi connectivity index (χ3n) is 4.31. The Balaban J connectivity index is 1.69. The van der Waals surface area contributed by atoms with Crippen LogP contribution >= 0.6 is 11.6 Å². The van der Waals surface area contributed by atoms with Gasteiger partial charge in [-0.25, -0.2) is 8.42 Å². The number of nitrogens with zero attached hydrogens (tertiary/aromatic N) is 1. The highest BCUT2D eigenvalue weighted by molar-refractivity contribution is 7.92. The summed E-state index contributed by atoms with van der Waals surface area (Å²) < 4.78 is 25.3. The molecule has 0 bridgehead atoms. The Bertz CT molecular complexity index is 836. The molecule has 1 amide bonds. The number of carbonyl (C=O) groups is 1. The van der Waals surface area contributed by atoms with E-state index in [1.54, 1.807) is 41.3 Å². The molecule has 1 aliphatic heterocycles. The third kappa shape index (κ3) is 3.47. The first kappa shape index (κ1) is 17.0. The average molecular weight is 364 g/mol. The lowest BCUT2D eigenvalue weighted by atomic mass is 10.1. The summed E-state index contributed by atoms with van der Waals surface area (Å²) in [6, 6.07) is 15.6. The van der Waals surface area contributed by atoms with Gasteiger partial charge in [-0.2, -0.15) is 0 Å². The minimum atomic E-state index is -3.41. The zero-order valence-corrected chi connectivity index (χ0v) is 14.6. The van der Waals surface area contributed by atoms with Crippen LogP contribution in [-0.4, -0.2) is 37.6 Å². The molecule has 0 saturated carbocycles. The van der Waals surface area contributed by atoms with Crippen molar-refractivity contribution in [3.8, 4) is 0 Å². The van der Waals surface area contributed by atoms with Gasteiger partial charge >= 0.3 is 0 Å². The van der Waals surface area contributed by atoms with Crippen LogP contribution in [0.15, 0.2) is 59.5 Å². The van der Waals surface area contributed by atoms with Gasteiger partial charge in [0.15, 0.2) is 9.84 Å². The van der Waals surface area contributed by atoms with Crippen molar-refractivity contribution >= 4 is 27.3 Å². The third-order valence-corrected chi connectivity index (χ3v) is 6.87. The lowest BCUT2D eigenvalue weighted by Crippen LogP contribution is -2.33. The fourth-order valence-corrected chi connectivity index (χ4v) is 4.84. The van der Waals surface area contributed by atoms with E-state index in [-0.39, 0.29) is 18.9 Å². The van der Waals surface area contributed by atoms with E-state index in [4.69, 9.17) is 11.6 Å². The molecular weight excluding hydrogens is 346 g/mol. The number of benzene rings is 2. The van der Waals surface area contributed by atoms with Gasteiger partial charge in [0.1, 0.15) is 0 Å². The van der Waals surface area contributed by atoms with Crippen LogP contribution in [0.3, 0.4) is 0 Å². The van der Waals surface area contributed by atoms with Gasteiger partial charge in [-0.3, -0.25) is 4.79 Å². The molecule has 24 heavy (non-hydrogen) atoms. The molecule has 4 nitrogen and oxygen atoms in total. The van der Waals surface area contributed by atoms with Gasteiger partial charge in [-0.1, -0.05) is 48.0 Å². The molecule has 0 radical (unpaired) electrons. The van der Waals surface area contributed by atoms with Crippen molar-refractivity contribution in [1.82, 2.24) is 4.90 Å². The van der Waals surface area contributed by atoms with E-state index in [1.807, 2.05) is 18.2 Å². The molecule has 1 fully saturated rings. The van der Waals surface area contributed by atoms with Crippen LogP contribution in [-0.2, 0) is 21.1 Å². The summed E-state index contributed by atoms with van der Waals surface area (Å²) in [6.45, 7) is 0.695. The van der Waals surface area contributed by atoms with Crippen molar-refractivity contribution in [3.63, 3.8) is 0 Å². The Morgan fingerprint density at radius 3 is 2.46 bits per heavy atom. The van der Waals surface area contributed by atoms with E-state index in [2.05, 4.69) is 0 Å². The number of hydrogen-bond donors (Lipinski definition) is 0. The molecule has 6 heteroatoms. The quantitative estimate of drug-likeness (QED) is 0.839. The zero-order valence-electron chi connectivity index (χ0n) is 13.1. The second-order valence-electron chi connectivity index (χ2n) is 5.88. The van der Waals surface area contributed by atoms with E-state index >= 15 is 0 Å². The van der Waals surface area contributed by atoms with E-state index in [9.17, 15) is 13.2 Å². The lowest BCUT2D eigenvalue weighted by molar-refractivity contribution is -0.129. The first-order chi connectivity index (χ1) is 11.5. The van der Waals surface area contributed by atoms with E-state index in [0.717, 1.165) is 5.56 Å². The van der Waals surface area contributed by atoms with E-state index in [0.29, 0.717) is 22.9 Å². The Kier molecular flexibility index (Phi) is 4.92. The van der Waals surface area contributed by atoms with Crippen LogP contribution in [0.25, 0.3) is 0 Å². The molecule has 1 aliphatic rings. The molecule has 0 spiro atoms. The van der Waals surface area contributed by atoms with Crippen molar-refractivity contribution < 1.29 is 13.2 Å². The SMILES string of the molecule is O=C(Cc1ccccc1Cl)N1CCC(S(=O)(=O)c2ccccc2)C1. The fraction of sp³-hybridized carbons (Fsp3) is 0.278. The molecular formula is C18H18ClNO3S. The number of carbonyl (C=O) groups excluding carboxylic acids is 1. The minimum Gasteiger partial charge on any atom is -0.341 e.